The molecule has 0 saturated heterocycles. The summed E-state index contributed by atoms with van der Waals surface area (Å²) < 4.78 is 5.38. The lowest BCUT2D eigenvalue weighted by atomic mass is 10.2. The average Bonchev–Trinajstić information content (AvgIpc) is 2.38. The predicted octanol–water partition coefficient (Wildman–Crippen LogP) is 1.34. The van der Waals surface area contributed by atoms with E-state index in [1.165, 1.54) is 12.1 Å². The molecule has 2 aromatic rings. The summed E-state index contributed by atoms with van der Waals surface area (Å²) in [7, 11) is 0. The largest absolute Gasteiger partial charge is 0.485 e. The van der Waals surface area contributed by atoms with Gasteiger partial charge in [0.2, 0.25) is 0 Å². The van der Waals surface area contributed by atoms with Crippen LogP contribution in [0.25, 0.3) is 0 Å². The molecule has 0 bridgehead atoms. The number of ether oxygens (including phenoxy) is 1. The maximum atomic E-state index is 11.0. The van der Waals surface area contributed by atoms with Crippen molar-refractivity contribution in [3.63, 3.8) is 0 Å². The van der Waals surface area contributed by atoms with Crippen molar-refractivity contribution in [1.82, 2.24) is 9.97 Å². The van der Waals surface area contributed by atoms with Gasteiger partial charge in [-0.1, -0.05) is 0 Å². The molecule has 6 nitrogen and oxygen atoms in total. The zero-order valence-corrected chi connectivity index (χ0v) is 9.41. The van der Waals surface area contributed by atoms with E-state index in [-0.39, 0.29) is 17.9 Å². The SMILES string of the molecule is Nc1ccc(OCc2ncccn2)c(C(=O)O)c1. The van der Waals surface area contributed by atoms with Gasteiger partial charge in [-0.15, -0.1) is 0 Å². The number of carboxylic acids is 1. The minimum absolute atomic E-state index is 0.0194. The summed E-state index contributed by atoms with van der Waals surface area (Å²) in [6, 6.07) is 6.13. The molecule has 0 aliphatic carbocycles. The molecule has 0 amide bonds. The van der Waals surface area contributed by atoms with Crippen molar-refractivity contribution in [3.8, 4) is 5.75 Å². The summed E-state index contributed by atoms with van der Waals surface area (Å²) >= 11 is 0. The highest BCUT2D eigenvalue weighted by atomic mass is 16.5. The van der Waals surface area contributed by atoms with Gasteiger partial charge >= 0.3 is 5.97 Å². The van der Waals surface area contributed by atoms with Gasteiger partial charge in [0.1, 0.15) is 17.9 Å². The maximum Gasteiger partial charge on any atom is 0.339 e. The van der Waals surface area contributed by atoms with Gasteiger partial charge in [-0.25, -0.2) is 14.8 Å². The Kier molecular flexibility index (Phi) is 3.38. The van der Waals surface area contributed by atoms with Crippen molar-refractivity contribution in [2.24, 2.45) is 0 Å². The van der Waals surface area contributed by atoms with Crippen LogP contribution in [-0.4, -0.2) is 21.0 Å². The highest BCUT2D eigenvalue weighted by molar-refractivity contribution is 5.92. The van der Waals surface area contributed by atoms with Crippen molar-refractivity contribution in [1.29, 1.82) is 0 Å². The third-order valence-corrected chi connectivity index (χ3v) is 2.21. The van der Waals surface area contributed by atoms with Crippen molar-refractivity contribution in [3.05, 3.63) is 48.0 Å². The lowest BCUT2D eigenvalue weighted by molar-refractivity contribution is 0.0691. The Hall–Kier alpha value is -2.63. The van der Waals surface area contributed by atoms with Crippen LogP contribution in [0.5, 0.6) is 5.75 Å². The van der Waals surface area contributed by atoms with Gasteiger partial charge < -0.3 is 15.6 Å². The molecular weight excluding hydrogens is 234 g/mol. The van der Waals surface area contributed by atoms with Crippen LogP contribution in [0.2, 0.25) is 0 Å². The number of rotatable bonds is 4. The van der Waals surface area contributed by atoms with Gasteiger partial charge in [0.25, 0.3) is 0 Å². The standard InChI is InChI=1S/C12H11N3O3/c13-8-2-3-10(9(6-8)12(16)17)18-7-11-14-4-1-5-15-11/h1-6H,7,13H2,(H,16,17). The van der Waals surface area contributed by atoms with E-state index >= 15 is 0 Å². The number of benzene rings is 1. The number of carboxylic acid groups (broad SMARTS) is 1. The van der Waals surface area contributed by atoms with E-state index in [1.54, 1.807) is 24.5 Å². The Morgan fingerprint density at radius 1 is 1.33 bits per heavy atom. The summed E-state index contributed by atoms with van der Waals surface area (Å²) in [5.41, 5.74) is 5.92. The molecule has 0 spiro atoms. The second kappa shape index (κ2) is 5.13. The van der Waals surface area contributed by atoms with Gasteiger partial charge in [0, 0.05) is 18.1 Å². The molecule has 92 valence electrons. The lowest BCUT2D eigenvalue weighted by Gasteiger charge is -2.08. The summed E-state index contributed by atoms with van der Waals surface area (Å²) in [5, 5.41) is 9.02. The van der Waals surface area contributed by atoms with Crippen LogP contribution in [0.4, 0.5) is 5.69 Å². The van der Waals surface area contributed by atoms with Crippen LogP contribution in [0.1, 0.15) is 16.2 Å². The van der Waals surface area contributed by atoms with Gasteiger partial charge in [-0.2, -0.15) is 0 Å². The first-order chi connectivity index (χ1) is 8.66. The Morgan fingerprint density at radius 3 is 2.72 bits per heavy atom. The van der Waals surface area contributed by atoms with Crippen LogP contribution in [0, 0.1) is 0 Å². The van der Waals surface area contributed by atoms with E-state index in [1.807, 2.05) is 0 Å². The molecule has 0 aliphatic rings. The molecule has 0 radical (unpaired) electrons. The molecule has 0 aliphatic heterocycles. The van der Waals surface area contributed by atoms with Crippen LogP contribution in [-0.2, 0) is 6.61 Å². The fourth-order valence-corrected chi connectivity index (χ4v) is 1.39. The molecule has 0 atom stereocenters. The molecule has 0 saturated carbocycles. The zero-order valence-electron chi connectivity index (χ0n) is 9.41. The van der Waals surface area contributed by atoms with Crippen molar-refractivity contribution >= 4 is 11.7 Å². The molecule has 2 rings (SSSR count). The quantitative estimate of drug-likeness (QED) is 0.788. The number of aromatic nitrogens is 2. The molecule has 1 heterocycles. The van der Waals surface area contributed by atoms with Gasteiger partial charge in [-0.3, -0.25) is 0 Å². The van der Waals surface area contributed by atoms with E-state index in [0.717, 1.165) is 0 Å². The van der Waals surface area contributed by atoms with E-state index in [0.29, 0.717) is 11.5 Å². The van der Waals surface area contributed by atoms with Gasteiger partial charge in [-0.05, 0) is 24.3 Å². The first kappa shape index (κ1) is 11.8. The second-order valence-electron chi connectivity index (χ2n) is 3.51. The number of aromatic carboxylic acids is 1. The third kappa shape index (κ3) is 2.73. The Labute approximate surface area is 103 Å². The summed E-state index contributed by atoms with van der Waals surface area (Å²) in [5.74, 6) is -0.374. The number of nitrogens with two attached hydrogens (primary N) is 1. The second-order valence-corrected chi connectivity index (χ2v) is 3.51. The number of hydrogen-bond donors (Lipinski definition) is 2. The normalized spacial score (nSPS) is 10.0. The first-order valence-electron chi connectivity index (χ1n) is 5.18. The number of carbonyl (C=O) groups is 1. The molecule has 1 aromatic carbocycles. The molecule has 6 heteroatoms. The van der Waals surface area contributed by atoms with E-state index in [4.69, 9.17) is 15.6 Å². The number of anilines is 1. The molecule has 18 heavy (non-hydrogen) atoms. The van der Waals surface area contributed by atoms with Crippen LogP contribution < -0.4 is 10.5 Å². The van der Waals surface area contributed by atoms with Crippen molar-refractivity contribution < 1.29 is 14.6 Å². The molecule has 1 aromatic heterocycles. The van der Waals surface area contributed by atoms with Gasteiger partial charge in [0.15, 0.2) is 5.82 Å². The highest BCUT2D eigenvalue weighted by Gasteiger charge is 2.12. The van der Waals surface area contributed by atoms with E-state index in [2.05, 4.69) is 9.97 Å². The fraction of sp³-hybridized carbons (Fsp3) is 0.0833. The Balaban J connectivity index is 2.17. The number of nitrogen functional groups attached to an aromatic ring is 1. The topological polar surface area (TPSA) is 98.3 Å². The number of nitrogens with zero attached hydrogens (tertiary/aromatic N) is 2. The number of hydrogen-bond acceptors (Lipinski definition) is 5. The van der Waals surface area contributed by atoms with Crippen LogP contribution in [0.15, 0.2) is 36.7 Å². The third-order valence-electron chi connectivity index (χ3n) is 2.21. The zero-order chi connectivity index (χ0) is 13.0. The maximum absolute atomic E-state index is 11.0. The predicted molar refractivity (Wildman–Crippen MR) is 64.2 cm³/mol. The van der Waals surface area contributed by atoms with E-state index < -0.39 is 5.97 Å². The fourth-order valence-electron chi connectivity index (χ4n) is 1.39. The average molecular weight is 245 g/mol. The van der Waals surface area contributed by atoms with Crippen molar-refractivity contribution in [2.75, 3.05) is 5.73 Å². The summed E-state index contributed by atoms with van der Waals surface area (Å²) in [4.78, 5) is 19.0. The molecule has 0 fully saturated rings. The van der Waals surface area contributed by atoms with Gasteiger partial charge in [0.05, 0.1) is 0 Å². The van der Waals surface area contributed by atoms with Crippen LogP contribution >= 0.6 is 0 Å². The highest BCUT2D eigenvalue weighted by Crippen LogP contribution is 2.22. The Bertz CT molecular complexity index is 558. The minimum Gasteiger partial charge on any atom is -0.485 e. The first-order valence-corrected chi connectivity index (χ1v) is 5.18. The Morgan fingerprint density at radius 2 is 2.06 bits per heavy atom. The van der Waals surface area contributed by atoms with Crippen LogP contribution in [0.3, 0.4) is 0 Å². The molecule has 0 unspecified atom stereocenters. The summed E-state index contributed by atoms with van der Waals surface area (Å²) in [6.45, 7) is 0.102. The van der Waals surface area contributed by atoms with Crippen molar-refractivity contribution in [2.45, 2.75) is 6.61 Å². The molecular formula is C12H11N3O3. The minimum atomic E-state index is -1.09. The monoisotopic (exact) mass is 245 g/mol. The summed E-state index contributed by atoms with van der Waals surface area (Å²) in [6.07, 6.45) is 3.18. The van der Waals surface area contributed by atoms with E-state index in [9.17, 15) is 4.79 Å². The lowest BCUT2D eigenvalue weighted by Crippen LogP contribution is -2.06. The smallest absolute Gasteiger partial charge is 0.339 e. The molecule has 3 N–H and O–H groups in total.